The van der Waals surface area contributed by atoms with E-state index in [1.54, 1.807) is 42.8 Å². The van der Waals surface area contributed by atoms with Gasteiger partial charge in [0, 0.05) is 23.1 Å². The van der Waals surface area contributed by atoms with Crippen molar-refractivity contribution in [3.63, 3.8) is 0 Å². The molecule has 0 bridgehead atoms. The second-order valence-electron chi connectivity index (χ2n) is 6.39. The molecule has 4 rings (SSSR count). The summed E-state index contributed by atoms with van der Waals surface area (Å²) >= 11 is 1.78. The molecule has 1 aliphatic rings. The molecule has 2 heterocycles. The molecule has 0 fully saturated rings. The summed E-state index contributed by atoms with van der Waals surface area (Å²) < 4.78 is 17.8. The fourth-order valence-electron chi connectivity index (χ4n) is 3.06. The number of anilines is 1. The van der Waals surface area contributed by atoms with Gasteiger partial charge in [0.15, 0.2) is 6.61 Å². The van der Waals surface area contributed by atoms with Crippen molar-refractivity contribution >= 4 is 23.5 Å². The Bertz CT molecular complexity index is 1020. The lowest BCUT2D eigenvalue weighted by molar-refractivity contribution is -0.118. The van der Waals surface area contributed by atoms with E-state index in [1.165, 1.54) is 0 Å². The van der Waals surface area contributed by atoms with Crippen LogP contribution in [0.4, 0.5) is 5.82 Å². The first kappa shape index (κ1) is 19.2. The normalized spacial score (nSPS) is 12.3. The molecule has 0 radical (unpaired) electrons. The Labute approximate surface area is 173 Å². The number of fused-ring (bicyclic) bond motifs is 1. The molecule has 1 aliphatic heterocycles. The minimum atomic E-state index is -0.248. The largest absolute Gasteiger partial charge is 0.497 e. The van der Waals surface area contributed by atoms with Gasteiger partial charge in [-0.15, -0.1) is 0 Å². The summed E-state index contributed by atoms with van der Waals surface area (Å²) in [6, 6.07) is 14.7. The molecule has 0 atom stereocenters. The van der Waals surface area contributed by atoms with E-state index >= 15 is 0 Å². The van der Waals surface area contributed by atoms with Gasteiger partial charge >= 0.3 is 0 Å². The van der Waals surface area contributed by atoms with E-state index in [4.69, 9.17) is 19.3 Å². The molecule has 2 aromatic carbocycles. The zero-order valence-electron chi connectivity index (χ0n) is 16.2. The third-order valence-corrected chi connectivity index (χ3v) is 5.51. The Hall–Kier alpha value is -3.13. The van der Waals surface area contributed by atoms with Crippen LogP contribution in [0.25, 0.3) is 5.69 Å². The lowest BCUT2D eigenvalue weighted by Gasteiger charge is -2.12. The predicted molar refractivity (Wildman–Crippen MR) is 112 cm³/mol. The SMILES string of the molecule is COc1ccc(-n2nc3c(c2NC(=O)COc2cccc(OC)c2)CSC3)cc1. The third kappa shape index (κ3) is 4.17. The fraction of sp³-hybridized carbons (Fsp3) is 0.238. The van der Waals surface area contributed by atoms with Crippen molar-refractivity contribution in [2.75, 3.05) is 26.1 Å². The molecule has 0 spiro atoms. The number of carbonyl (C=O) groups is 1. The summed E-state index contributed by atoms with van der Waals surface area (Å²) in [5.41, 5.74) is 2.91. The summed E-state index contributed by atoms with van der Waals surface area (Å²) in [4.78, 5) is 12.6. The summed E-state index contributed by atoms with van der Waals surface area (Å²) in [5.74, 6) is 4.11. The Kier molecular flexibility index (Phi) is 5.62. The van der Waals surface area contributed by atoms with Gasteiger partial charge in [0.05, 0.1) is 25.6 Å². The van der Waals surface area contributed by atoms with Gasteiger partial charge in [-0.1, -0.05) is 6.07 Å². The number of ether oxygens (including phenoxy) is 3. The van der Waals surface area contributed by atoms with E-state index in [0.29, 0.717) is 17.3 Å². The predicted octanol–water partition coefficient (Wildman–Crippen LogP) is 3.65. The van der Waals surface area contributed by atoms with Gasteiger partial charge in [-0.3, -0.25) is 4.79 Å². The number of hydrogen-bond acceptors (Lipinski definition) is 6. The maximum atomic E-state index is 12.6. The van der Waals surface area contributed by atoms with Crippen molar-refractivity contribution in [1.29, 1.82) is 0 Å². The van der Waals surface area contributed by atoms with E-state index in [9.17, 15) is 4.79 Å². The maximum absolute atomic E-state index is 12.6. The summed E-state index contributed by atoms with van der Waals surface area (Å²) in [6.45, 7) is -0.108. The first-order chi connectivity index (χ1) is 14.2. The Morgan fingerprint density at radius 3 is 2.59 bits per heavy atom. The van der Waals surface area contributed by atoms with Crippen molar-refractivity contribution in [2.45, 2.75) is 11.5 Å². The number of methoxy groups -OCH3 is 2. The molecule has 0 saturated carbocycles. The molecule has 150 valence electrons. The highest BCUT2D eigenvalue weighted by Gasteiger charge is 2.24. The molecule has 7 nitrogen and oxygen atoms in total. The van der Waals surface area contributed by atoms with Gasteiger partial charge in [-0.25, -0.2) is 4.68 Å². The van der Waals surface area contributed by atoms with Gasteiger partial charge in [0.1, 0.15) is 23.1 Å². The molecule has 1 amide bonds. The molecule has 8 heteroatoms. The van der Waals surface area contributed by atoms with E-state index < -0.39 is 0 Å². The smallest absolute Gasteiger partial charge is 0.263 e. The van der Waals surface area contributed by atoms with Crippen LogP contribution in [-0.2, 0) is 16.3 Å². The Morgan fingerprint density at radius 1 is 1.07 bits per heavy atom. The summed E-state index contributed by atoms with van der Waals surface area (Å²) in [7, 11) is 3.22. The van der Waals surface area contributed by atoms with Crippen molar-refractivity contribution in [2.24, 2.45) is 0 Å². The number of aromatic nitrogens is 2. The van der Waals surface area contributed by atoms with Gasteiger partial charge in [-0.2, -0.15) is 16.9 Å². The van der Waals surface area contributed by atoms with E-state index in [1.807, 2.05) is 36.4 Å². The molecule has 0 aliphatic carbocycles. The summed E-state index contributed by atoms with van der Waals surface area (Å²) in [6.07, 6.45) is 0. The van der Waals surface area contributed by atoms with Crippen molar-refractivity contribution in [3.8, 4) is 22.9 Å². The molecular weight excluding hydrogens is 390 g/mol. The van der Waals surface area contributed by atoms with Gasteiger partial charge in [0.2, 0.25) is 0 Å². The molecule has 3 aromatic rings. The first-order valence-electron chi connectivity index (χ1n) is 9.07. The molecule has 0 saturated heterocycles. The van der Waals surface area contributed by atoms with Gasteiger partial charge < -0.3 is 19.5 Å². The van der Waals surface area contributed by atoms with Crippen LogP contribution < -0.4 is 19.5 Å². The lowest BCUT2D eigenvalue weighted by atomic mass is 10.2. The Balaban J connectivity index is 1.52. The number of amides is 1. The number of thioether (sulfide) groups is 1. The number of nitrogens with one attached hydrogen (secondary N) is 1. The number of benzene rings is 2. The van der Waals surface area contributed by atoms with Crippen LogP contribution in [0.15, 0.2) is 48.5 Å². The van der Waals surface area contributed by atoms with Gasteiger partial charge in [-0.05, 0) is 36.4 Å². The molecule has 0 unspecified atom stereocenters. The number of nitrogens with zero attached hydrogens (tertiary/aromatic N) is 2. The lowest BCUT2D eigenvalue weighted by Crippen LogP contribution is -2.22. The average molecular weight is 411 g/mol. The minimum absolute atomic E-state index is 0.108. The highest BCUT2D eigenvalue weighted by atomic mass is 32.2. The number of carbonyl (C=O) groups excluding carboxylic acids is 1. The van der Waals surface area contributed by atoms with Crippen molar-refractivity contribution in [1.82, 2.24) is 9.78 Å². The van der Waals surface area contributed by atoms with E-state index in [2.05, 4.69) is 5.32 Å². The zero-order chi connectivity index (χ0) is 20.2. The van der Waals surface area contributed by atoms with Crippen LogP contribution in [0.3, 0.4) is 0 Å². The summed E-state index contributed by atoms with van der Waals surface area (Å²) in [5, 5.41) is 7.67. The number of rotatable bonds is 7. The third-order valence-electron chi connectivity index (χ3n) is 4.54. The van der Waals surface area contributed by atoms with Crippen molar-refractivity contribution < 1.29 is 19.0 Å². The highest BCUT2D eigenvalue weighted by molar-refractivity contribution is 7.98. The van der Waals surface area contributed by atoms with Crippen LogP contribution in [-0.4, -0.2) is 36.5 Å². The second kappa shape index (κ2) is 8.48. The fourth-order valence-corrected chi connectivity index (χ4v) is 4.09. The minimum Gasteiger partial charge on any atom is -0.497 e. The average Bonchev–Trinajstić information content (AvgIpc) is 3.35. The topological polar surface area (TPSA) is 74.6 Å². The van der Waals surface area contributed by atoms with Crippen LogP contribution in [0.2, 0.25) is 0 Å². The van der Waals surface area contributed by atoms with Crippen molar-refractivity contribution in [3.05, 3.63) is 59.8 Å². The first-order valence-corrected chi connectivity index (χ1v) is 10.2. The van der Waals surface area contributed by atoms with Crippen LogP contribution in [0.5, 0.6) is 17.2 Å². The Morgan fingerprint density at radius 2 is 1.83 bits per heavy atom. The standard InChI is InChI=1S/C21H21N3O4S/c1-26-15-8-6-14(7-9-15)24-21(18-12-29-13-19(18)23-24)22-20(25)11-28-17-5-3-4-16(10-17)27-2/h3-10H,11-13H2,1-2H3,(H,22,25). The number of hydrogen-bond donors (Lipinski definition) is 1. The quantitative estimate of drug-likeness (QED) is 0.640. The van der Waals surface area contributed by atoms with Gasteiger partial charge in [0.25, 0.3) is 5.91 Å². The molecule has 29 heavy (non-hydrogen) atoms. The monoisotopic (exact) mass is 411 g/mol. The zero-order valence-corrected chi connectivity index (χ0v) is 17.0. The van der Waals surface area contributed by atoms with E-state index in [-0.39, 0.29) is 12.5 Å². The molecule has 1 N–H and O–H groups in total. The molecule has 1 aromatic heterocycles. The van der Waals surface area contributed by atoms with Crippen LogP contribution in [0.1, 0.15) is 11.3 Å². The van der Waals surface area contributed by atoms with E-state index in [0.717, 1.165) is 34.2 Å². The second-order valence-corrected chi connectivity index (χ2v) is 7.38. The molecular formula is C21H21N3O4S. The maximum Gasteiger partial charge on any atom is 0.263 e. The van der Waals surface area contributed by atoms with Crippen LogP contribution in [0, 0.1) is 0 Å². The van der Waals surface area contributed by atoms with Crippen LogP contribution >= 0.6 is 11.8 Å². The highest BCUT2D eigenvalue weighted by Crippen LogP contribution is 2.36.